The number of methoxy groups -OCH3 is 1. The first kappa shape index (κ1) is 30.7. The van der Waals surface area contributed by atoms with Crippen molar-refractivity contribution in [2.45, 2.75) is 51.5 Å². The van der Waals surface area contributed by atoms with Crippen LogP contribution in [-0.4, -0.2) is 52.7 Å². The third-order valence-electron chi connectivity index (χ3n) is 7.38. The minimum absolute atomic E-state index is 0.128. The average Bonchev–Trinajstić information content (AvgIpc) is 3.30. The van der Waals surface area contributed by atoms with Crippen molar-refractivity contribution in [1.82, 2.24) is 20.1 Å². The molecule has 220 valence electrons. The van der Waals surface area contributed by atoms with E-state index in [4.69, 9.17) is 22.8 Å². The predicted molar refractivity (Wildman–Crippen MR) is 163 cm³/mol. The number of rotatable bonds is 7. The van der Waals surface area contributed by atoms with Gasteiger partial charge in [0.2, 0.25) is 11.8 Å². The Morgan fingerprint density at radius 2 is 2.07 bits per heavy atom. The number of aryl methyl sites for hydroxylation is 1. The van der Waals surface area contributed by atoms with E-state index >= 15 is 4.39 Å². The SMILES string of the molecule is C#C/C=C(/C(=O)N[C@@H]1CCC[C@H](C(=O)Nc2cc(-c3cc(F)c4nn(C)c(C(C)C)c4c3)c(Cl)cn2)C1)C(=NC)OC. The summed E-state index contributed by atoms with van der Waals surface area (Å²) in [5, 5.41) is 11.2. The molecule has 2 atom stereocenters. The van der Waals surface area contributed by atoms with Gasteiger partial charge in [-0.05, 0) is 48.9 Å². The van der Waals surface area contributed by atoms with E-state index in [2.05, 4.69) is 31.6 Å². The molecule has 3 aromatic rings. The predicted octanol–water partition coefficient (Wildman–Crippen LogP) is 5.40. The number of anilines is 1. The fourth-order valence-corrected chi connectivity index (χ4v) is 5.73. The summed E-state index contributed by atoms with van der Waals surface area (Å²) >= 11 is 6.49. The minimum Gasteiger partial charge on any atom is -0.481 e. The van der Waals surface area contributed by atoms with Crippen LogP contribution >= 0.6 is 11.6 Å². The summed E-state index contributed by atoms with van der Waals surface area (Å²) in [6, 6.07) is 4.66. The number of allylic oxidation sites excluding steroid dienone is 1. The van der Waals surface area contributed by atoms with Gasteiger partial charge in [-0.3, -0.25) is 19.3 Å². The Balaban J connectivity index is 1.52. The maximum absolute atomic E-state index is 15.1. The number of aliphatic imine (C=N–C) groups is 1. The van der Waals surface area contributed by atoms with Crippen LogP contribution in [0.4, 0.5) is 10.2 Å². The number of nitrogens with zero attached hydrogens (tertiary/aromatic N) is 4. The van der Waals surface area contributed by atoms with Crippen molar-refractivity contribution in [1.29, 1.82) is 0 Å². The Bertz CT molecular complexity index is 1620. The first-order valence-corrected chi connectivity index (χ1v) is 14.1. The molecule has 0 saturated heterocycles. The zero-order chi connectivity index (χ0) is 30.6. The lowest BCUT2D eigenvalue weighted by Gasteiger charge is -2.29. The highest BCUT2D eigenvalue weighted by molar-refractivity contribution is 6.33. The van der Waals surface area contributed by atoms with Crippen molar-refractivity contribution < 1.29 is 18.7 Å². The molecular weight excluding hydrogens is 559 g/mol. The van der Waals surface area contributed by atoms with Crippen molar-refractivity contribution in [3.05, 3.63) is 52.6 Å². The lowest BCUT2D eigenvalue weighted by Crippen LogP contribution is -2.42. The molecule has 1 saturated carbocycles. The number of amides is 2. The van der Waals surface area contributed by atoms with Crippen LogP contribution in [0.5, 0.6) is 0 Å². The van der Waals surface area contributed by atoms with E-state index in [1.807, 2.05) is 19.9 Å². The summed E-state index contributed by atoms with van der Waals surface area (Å²) in [6.45, 7) is 4.05. The molecule has 2 N–H and O–H groups in total. The maximum atomic E-state index is 15.1. The number of terminal acetylenes is 1. The van der Waals surface area contributed by atoms with E-state index in [-0.39, 0.29) is 35.3 Å². The first-order valence-electron chi connectivity index (χ1n) is 13.7. The molecule has 1 aliphatic rings. The molecule has 0 unspecified atom stereocenters. The zero-order valence-electron chi connectivity index (χ0n) is 24.3. The Labute approximate surface area is 249 Å². The smallest absolute Gasteiger partial charge is 0.257 e. The van der Waals surface area contributed by atoms with E-state index in [9.17, 15) is 9.59 Å². The summed E-state index contributed by atoms with van der Waals surface area (Å²) in [4.78, 5) is 34.4. The summed E-state index contributed by atoms with van der Waals surface area (Å²) in [5.74, 6) is 1.44. The van der Waals surface area contributed by atoms with Crippen molar-refractivity contribution in [2.75, 3.05) is 19.5 Å². The number of hydrogen-bond donors (Lipinski definition) is 2. The van der Waals surface area contributed by atoms with Gasteiger partial charge >= 0.3 is 0 Å². The van der Waals surface area contributed by atoms with Gasteiger partial charge in [-0.2, -0.15) is 5.10 Å². The Morgan fingerprint density at radius 1 is 1.31 bits per heavy atom. The lowest BCUT2D eigenvalue weighted by molar-refractivity contribution is -0.122. The molecule has 11 heteroatoms. The molecule has 1 aromatic carbocycles. The number of pyridine rings is 1. The molecule has 2 aromatic heterocycles. The number of aromatic nitrogens is 3. The standard InChI is InChI=1S/C31H34ClFN6O3/c1-7-9-21(31(34-4)42-6)30(41)36-20-11-8-10-18(12-20)29(40)37-26-15-22(24(32)16-35-26)19-13-23-27(25(33)14-19)38-39(5)28(23)17(2)3/h1,9,13-18,20H,8,10-12H2,2-6H3,(H,36,41)(H,35,37,40)/b21-9-,34-31?/t18-,20+/m0/s1. The van der Waals surface area contributed by atoms with Gasteiger partial charge in [-0.15, -0.1) is 6.42 Å². The Morgan fingerprint density at radius 3 is 2.74 bits per heavy atom. The monoisotopic (exact) mass is 592 g/mol. The highest BCUT2D eigenvalue weighted by atomic mass is 35.5. The van der Waals surface area contributed by atoms with Crippen LogP contribution in [0.1, 0.15) is 51.1 Å². The lowest BCUT2D eigenvalue weighted by atomic mass is 9.85. The average molecular weight is 593 g/mol. The van der Waals surface area contributed by atoms with Crippen molar-refractivity contribution in [3.63, 3.8) is 0 Å². The number of ether oxygens (including phenoxy) is 1. The molecule has 1 aliphatic carbocycles. The number of carbonyl (C=O) groups excluding carboxylic acids is 2. The van der Waals surface area contributed by atoms with Crippen LogP contribution in [-0.2, 0) is 21.4 Å². The van der Waals surface area contributed by atoms with Gasteiger partial charge in [-0.25, -0.2) is 9.37 Å². The molecule has 1 fully saturated rings. The molecule has 0 radical (unpaired) electrons. The van der Waals surface area contributed by atoms with Gasteiger partial charge in [0.25, 0.3) is 5.91 Å². The Kier molecular flexibility index (Phi) is 9.63. The van der Waals surface area contributed by atoms with Crippen LogP contribution in [0, 0.1) is 24.1 Å². The minimum atomic E-state index is -0.457. The van der Waals surface area contributed by atoms with Crippen molar-refractivity contribution >= 4 is 46.0 Å². The largest absolute Gasteiger partial charge is 0.481 e. The van der Waals surface area contributed by atoms with Crippen LogP contribution in [0.2, 0.25) is 5.02 Å². The first-order chi connectivity index (χ1) is 20.1. The van der Waals surface area contributed by atoms with Crippen LogP contribution in [0.15, 0.2) is 41.0 Å². The maximum Gasteiger partial charge on any atom is 0.257 e. The van der Waals surface area contributed by atoms with Crippen molar-refractivity contribution in [2.24, 2.45) is 18.0 Å². The summed E-state index contributed by atoms with van der Waals surface area (Å²) in [7, 11) is 4.71. The second-order valence-electron chi connectivity index (χ2n) is 10.5. The van der Waals surface area contributed by atoms with Gasteiger partial charge in [0, 0.05) is 55.0 Å². The summed E-state index contributed by atoms with van der Waals surface area (Å²) < 4.78 is 22.0. The Hall–Kier alpha value is -4.23. The molecular formula is C31H34ClFN6O3. The number of benzene rings is 1. The van der Waals surface area contributed by atoms with Crippen LogP contribution in [0.3, 0.4) is 0 Å². The van der Waals surface area contributed by atoms with E-state index in [1.54, 1.807) is 17.8 Å². The highest BCUT2D eigenvalue weighted by Gasteiger charge is 2.30. The highest BCUT2D eigenvalue weighted by Crippen LogP contribution is 2.35. The number of halogens is 2. The van der Waals surface area contributed by atoms with Gasteiger partial charge in [0.15, 0.2) is 5.82 Å². The van der Waals surface area contributed by atoms with E-state index in [1.165, 1.54) is 32.5 Å². The molecule has 42 heavy (non-hydrogen) atoms. The third kappa shape index (κ3) is 6.47. The molecule has 9 nitrogen and oxygen atoms in total. The number of carbonyl (C=O) groups is 2. The van der Waals surface area contributed by atoms with E-state index in [0.717, 1.165) is 12.1 Å². The van der Waals surface area contributed by atoms with Gasteiger partial charge < -0.3 is 15.4 Å². The van der Waals surface area contributed by atoms with Crippen LogP contribution < -0.4 is 10.6 Å². The molecule has 4 rings (SSSR count). The third-order valence-corrected chi connectivity index (χ3v) is 7.68. The second-order valence-corrected chi connectivity index (χ2v) is 11.0. The summed E-state index contributed by atoms with van der Waals surface area (Å²) in [5.41, 5.74) is 2.44. The quantitative estimate of drug-likeness (QED) is 0.165. The number of fused-ring (bicyclic) bond motifs is 1. The molecule has 0 aliphatic heterocycles. The normalized spacial score (nSPS) is 17.7. The van der Waals surface area contributed by atoms with Gasteiger partial charge in [0.05, 0.1) is 12.1 Å². The summed E-state index contributed by atoms with van der Waals surface area (Å²) in [6.07, 6.45) is 10.7. The fraction of sp³-hybridized carbons (Fsp3) is 0.387. The van der Waals surface area contributed by atoms with Crippen LogP contribution in [0.25, 0.3) is 22.0 Å². The zero-order valence-corrected chi connectivity index (χ0v) is 25.1. The molecule has 2 amide bonds. The number of hydrogen-bond acceptors (Lipinski definition) is 6. The molecule has 2 heterocycles. The van der Waals surface area contributed by atoms with E-state index < -0.39 is 11.7 Å². The number of nitrogens with one attached hydrogen (secondary N) is 2. The van der Waals surface area contributed by atoms with Gasteiger partial charge in [0.1, 0.15) is 16.9 Å². The molecule has 0 spiro atoms. The second kappa shape index (κ2) is 13.2. The topological polar surface area (TPSA) is 111 Å². The van der Waals surface area contributed by atoms with Crippen molar-refractivity contribution in [3.8, 4) is 23.5 Å². The van der Waals surface area contributed by atoms with Gasteiger partial charge in [-0.1, -0.05) is 37.8 Å². The molecule has 0 bridgehead atoms. The fourth-order valence-electron chi connectivity index (χ4n) is 5.52. The van der Waals surface area contributed by atoms with E-state index in [0.29, 0.717) is 52.1 Å².